The van der Waals surface area contributed by atoms with Crippen LogP contribution in [0.5, 0.6) is 0 Å². The number of fused-ring (bicyclic) bond motifs is 4. The van der Waals surface area contributed by atoms with Gasteiger partial charge in [-0.15, -0.1) is 0 Å². The van der Waals surface area contributed by atoms with Crippen LogP contribution in [0.15, 0.2) is 158 Å². The molecule has 0 amide bonds. The van der Waals surface area contributed by atoms with Gasteiger partial charge >= 0.3 is 0 Å². The highest BCUT2D eigenvalue weighted by atomic mass is 14.9. The highest BCUT2D eigenvalue weighted by Crippen LogP contribution is 2.50. The normalized spacial score (nSPS) is 13.0. The minimum Gasteiger partial charge on any atom is -0.355 e. The molecule has 210 valence electrons. The van der Waals surface area contributed by atoms with Crippen molar-refractivity contribution in [2.24, 2.45) is 0 Å². The van der Waals surface area contributed by atoms with Crippen molar-refractivity contribution in [2.45, 2.75) is 19.3 Å². The zero-order valence-corrected chi connectivity index (χ0v) is 25.0. The van der Waals surface area contributed by atoms with Crippen molar-refractivity contribution in [2.75, 3.05) is 5.32 Å². The Morgan fingerprint density at radius 2 is 0.909 bits per heavy atom. The first-order valence-corrected chi connectivity index (χ1v) is 15.4. The van der Waals surface area contributed by atoms with Gasteiger partial charge in [-0.05, 0) is 85.1 Å². The maximum Gasteiger partial charge on any atom is 0.0463 e. The van der Waals surface area contributed by atoms with Crippen LogP contribution >= 0.6 is 0 Å². The SMILES string of the molecule is CC1(C)c2ccccc2-c2ccc(-c3ccccc3Nc3ccc(-c4ccc(-c5ccccc5)c5ccccc45)cc3)cc21. The minimum absolute atomic E-state index is 0.0242. The zero-order chi connectivity index (χ0) is 29.7. The van der Waals surface area contributed by atoms with Gasteiger partial charge in [0.25, 0.3) is 0 Å². The maximum absolute atomic E-state index is 3.72. The van der Waals surface area contributed by atoms with Crippen molar-refractivity contribution in [3.8, 4) is 44.5 Å². The number of hydrogen-bond acceptors (Lipinski definition) is 1. The summed E-state index contributed by atoms with van der Waals surface area (Å²) in [5, 5.41) is 6.26. The molecule has 1 heteroatoms. The summed E-state index contributed by atoms with van der Waals surface area (Å²) in [5.41, 5.74) is 15.0. The van der Waals surface area contributed by atoms with Crippen molar-refractivity contribution >= 4 is 22.1 Å². The largest absolute Gasteiger partial charge is 0.355 e. The van der Waals surface area contributed by atoms with Crippen LogP contribution in [-0.2, 0) is 5.41 Å². The number of para-hydroxylation sites is 1. The van der Waals surface area contributed by atoms with Crippen LogP contribution in [0.4, 0.5) is 11.4 Å². The highest BCUT2D eigenvalue weighted by molar-refractivity contribution is 6.05. The van der Waals surface area contributed by atoms with Crippen molar-refractivity contribution < 1.29 is 0 Å². The molecule has 44 heavy (non-hydrogen) atoms. The number of benzene rings is 7. The average molecular weight is 564 g/mol. The van der Waals surface area contributed by atoms with E-state index in [0.717, 1.165) is 11.4 Å². The first-order valence-electron chi connectivity index (χ1n) is 15.4. The molecular formula is C43H33N. The molecule has 0 spiro atoms. The van der Waals surface area contributed by atoms with Gasteiger partial charge in [0.15, 0.2) is 0 Å². The Kier molecular flexibility index (Phi) is 6.20. The van der Waals surface area contributed by atoms with Gasteiger partial charge in [-0.25, -0.2) is 0 Å². The van der Waals surface area contributed by atoms with Crippen LogP contribution in [0.1, 0.15) is 25.0 Å². The van der Waals surface area contributed by atoms with Gasteiger partial charge in [-0.2, -0.15) is 0 Å². The van der Waals surface area contributed by atoms with Crippen molar-refractivity contribution in [1.29, 1.82) is 0 Å². The van der Waals surface area contributed by atoms with Gasteiger partial charge in [0.05, 0.1) is 0 Å². The average Bonchev–Trinajstić information content (AvgIpc) is 3.31. The lowest BCUT2D eigenvalue weighted by molar-refractivity contribution is 0.660. The van der Waals surface area contributed by atoms with Crippen molar-refractivity contribution in [1.82, 2.24) is 0 Å². The van der Waals surface area contributed by atoms with Crippen LogP contribution < -0.4 is 5.32 Å². The lowest BCUT2D eigenvalue weighted by Gasteiger charge is -2.22. The third-order valence-corrected chi connectivity index (χ3v) is 9.31. The third-order valence-electron chi connectivity index (χ3n) is 9.31. The molecule has 1 aliphatic carbocycles. The van der Waals surface area contributed by atoms with E-state index in [4.69, 9.17) is 0 Å². The Hall–Kier alpha value is -5.40. The molecule has 0 bridgehead atoms. The fraction of sp³-hybridized carbons (Fsp3) is 0.0698. The van der Waals surface area contributed by atoms with E-state index in [1.807, 2.05) is 0 Å². The Labute approximate surface area is 259 Å². The van der Waals surface area contributed by atoms with Crippen LogP contribution in [0.2, 0.25) is 0 Å². The van der Waals surface area contributed by atoms with Crippen molar-refractivity contribution in [3.63, 3.8) is 0 Å². The first kappa shape index (κ1) is 26.2. The van der Waals surface area contributed by atoms with Crippen LogP contribution in [0.25, 0.3) is 55.3 Å². The van der Waals surface area contributed by atoms with E-state index in [0.29, 0.717) is 0 Å². The molecule has 1 aliphatic rings. The summed E-state index contributed by atoms with van der Waals surface area (Å²) in [6.45, 7) is 4.68. The smallest absolute Gasteiger partial charge is 0.0463 e. The Balaban J connectivity index is 1.11. The number of hydrogen-bond donors (Lipinski definition) is 1. The molecule has 0 fully saturated rings. The number of rotatable bonds is 5. The van der Waals surface area contributed by atoms with Gasteiger partial charge in [0.2, 0.25) is 0 Å². The molecule has 1 nitrogen and oxygen atoms in total. The first-order chi connectivity index (χ1) is 21.6. The molecular weight excluding hydrogens is 530 g/mol. The fourth-order valence-corrected chi connectivity index (χ4v) is 7.02. The monoisotopic (exact) mass is 563 g/mol. The molecule has 1 N–H and O–H groups in total. The standard InChI is InChI=1S/C43H33N/c1-43(2)40-18-10-8-17-38(40)39-25-22-31(28-41(39)43)35-14-9-11-19-42(35)44-32-23-20-30(21-24-32)34-27-26-33(29-12-4-3-5-13-29)36-15-6-7-16-37(34)36/h3-28,44H,1-2H3. The summed E-state index contributed by atoms with van der Waals surface area (Å²) >= 11 is 0. The van der Waals surface area contributed by atoms with E-state index >= 15 is 0 Å². The summed E-state index contributed by atoms with van der Waals surface area (Å²) < 4.78 is 0. The molecule has 0 unspecified atom stereocenters. The summed E-state index contributed by atoms with van der Waals surface area (Å²) in [6.07, 6.45) is 0. The van der Waals surface area contributed by atoms with E-state index in [9.17, 15) is 0 Å². The molecule has 0 saturated carbocycles. The molecule has 0 aliphatic heterocycles. The van der Waals surface area contributed by atoms with Gasteiger partial charge in [0.1, 0.15) is 0 Å². The van der Waals surface area contributed by atoms with Crippen molar-refractivity contribution in [3.05, 3.63) is 169 Å². The predicted molar refractivity (Wildman–Crippen MR) is 188 cm³/mol. The Morgan fingerprint density at radius 3 is 1.64 bits per heavy atom. The summed E-state index contributed by atoms with van der Waals surface area (Å²) in [5.74, 6) is 0. The molecule has 0 atom stereocenters. The maximum atomic E-state index is 3.72. The molecule has 0 aromatic heterocycles. The van der Waals surface area contributed by atoms with Gasteiger partial charge in [0, 0.05) is 22.4 Å². The van der Waals surface area contributed by atoms with Gasteiger partial charge < -0.3 is 5.32 Å². The molecule has 7 aromatic rings. The van der Waals surface area contributed by atoms with E-state index < -0.39 is 0 Å². The second-order valence-corrected chi connectivity index (χ2v) is 12.3. The molecule has 7 aromatic carbocycles. The predicted octanol–water partition coefficient (Wildman–Crippen LogP) is 11.9. The van der Waals surface area contributed by atoms with Crippen LogP contribution in [0.3, 0.4) is 0 Å². The second-order valence-electron chi connectivity index (χ2n) is 12.3. The second kappa shape index (κ2) is 10.4. The lowest BCUT2D eigenvalue weighted by atomic mass is 9.81. The highest BCUT2D eigenvalue weighted by Gasteiger charge is 2.35. The minimum atomic E-state index is -0.0242. The molecule has 0 saturated heterocycles. The number of nitrogens with one attached hydrogen (secondary N) is 1. The molecule has 8 rings (SSSR count). The lowest BCUT2D eigenvalue weighted by Crippen LogP contribution is -2.14. The summed E-state index contributed by atoms with van der Waals surface area (Å²) in [4.78, 5) is 0. The van der Waals surface area contributed by atoms with Crippen LogP contribution in [-0.4, -0.2) is 0 Å². The quantitative estimate of drug-likeness (QED) is 0.220. The van der Waals surface area contributed by atoms with Crippen LogP contribution in [0, 0.1) is 0 Å². The molecule has 0 radical (unpaired) electrons. The van der Waals surface area contributed by atoms with Gasteiger partial charge in [-0.3, -0.25) is 0 Å². The van der Waals surface area contributed by atoms with E-state index in [-0.39, 0.29) is 5.41 Å². The third kappa shape index (κ3) is 4.32. The van der Waals surface area contributed by atoms with Gasteiger partial charge in [-0.1, -0.05) is 147 Å². The Morgan fingerprint density at radius 1 is 0.386 bits per heavy atom. The topological polar surface area (TPSA) is 12.0 Å². The van der Waals surface area contributed by atoms with E-state index in [1.165, 1.54) is 66.4 Å². The summed E-state index contributed by atoms with van der Waals surface area (Å²) in [6, 6.07) is 57.1. The fourth-order valence-electron chi connectivity index (χ4n) is 7.02. The number of anilines is 2. The van der Waals surface area contributed by atoms with E-state index in [1.54, 1.807) is 0 Å². The molecule has 0 heterocycles. The Bertz CT molecular complexity index is 2150. The zero-order valence-electron chi connectivity index (χ0n) is 25.0. The van der Waals surface area contributed by atoms with E-state index in [2.05, 4.69) is 177 Å². The summed E-state index contributed by atoms with van der Waals surface area (Å²) in [7, 11) is 0.